The van der Waals surface area contributed by atoms with Crippen molar-refractivity contribution in [1.29, 1.82) is 0 Å². The van der Waals surface area contributed by atoms with Crippen LogP contribution in [0.25, 0.3) is 33.5 Å². The molecule has 3 heterocycles. The minimum atomic E-state index is -0.0840. The van der Waals surface area contributed by atoms with Crippen LogP contribution >= 0.6 is 0 Å². The zero-order valence-corrected chi connectivity index (χ0v) is 13.6. The number of fused-ring (bicyclic) bond motifs is 1. The number of carbonyl (C=O) groups excluding carboxylic acids is 1. The second kappa shape index (κ2) is 6.24. The third kappa shape index (κ3) is 2.89. The summed E-state index contributed by atoms with van der Waals surface area (Å²) < 4.78 is 7.07. The largest absolute Gasteiger partial charge is 0.464 e. The number of carbonyl (C=O) groups is 1. The molecule has 124 valence electrons. The number of pyridine rings is 1. The van der Waals surface area contributed by atoms with Crippen LogP contribution in [-0.2, 0) is 11.3 Å². The smallest absolute Gasteiger partial charge is 0.241 e. The normalized spacial score (nSPS) is 10.9. The molecular weight excluding hydrogens is 316 g/mol. The maximum Gasteiger partial charge on any atom is 0.241 e. The molecule has 0 atom stereocenters. The number of hydrogen-bond acceptors (Lipinski definition) is 4. The maximum atomic E-state index is 11.5. The van der Waals surface area contributed by atoms with Gasteiger partial charge in [0.15, 0.2) is 0 Å². The molecule has 0 unspecified atom stereocenters. The van der Waals surface area contributed by atoms with Gasteiger partial charge in [-0.05, 0) is 24.3 Å². The van der Waals surface area contributed by atoms with Crippen LogP contribution in [0.1, 0.15) is 0 Å². The summed E-state index contributed by atoms with van der Waals surface area (Å²) in [5.41, 5.74) is 4.45. The van der Waals surface area contributed by atoms with E-state index in [0.717, 1.165) is 33.5 Å². The van der Waals surface area contributed by atoms with Crippen LogP contribution in [0, 0.1) is 0 Å². The van der Waals surface area contributed by atoms with E-state index in [1.807, 2.05) is 42.5 Å². The highest BCUT2D eigenvalue weighted by Gasteiger charge is 2.10. The van der Waals surface area contributed by atoms with Crippen molar-refractivity contribution >= 4 is 16.9 Å². The highest BCUT2D eigenvalue weighted by molar-refractivity contribution is 5.92. The summed E-state index contributed by atoms with van der Waals surface area (Å²) in [5, 5.41) is 8.04. The van der Waals surface area contributed by atoms with Crippen LogP contribution in [0.2, 0.25) is 0 Å². The Balaban J connectivity index is 1.70. The molecule has 3 aromatic heterocycles. The molecular formula is C19H16N4O2. The van der Waals surface area contributed by atoms with E-state index in [9.17, 15) is 4.79 Å². The quantitative estimate of drug-likeness (QED) is 0.623. The summed E-state index contributed by atoms with van der Waals surface area (Å²) in [7, 11) is 1.61. The molecule has 4 aromatic rings. The van der Waals surface area contributed by atoms with Crippen LogP contribution in [-0.4, -0.2) is 27.7 Å². The zero-order chi connectivity index (χ0) is 17.2. The van der Waals surface area contributed by atoms with Gasteiger partial charge in [-0.1, -0.05) is 18.2 Å². The summed E-state index contributed by atoms with van der Waals surface area (Å²) in [6.45, 7) is 0.200. The van der Waals surface area contributed by atoms with Gasteiger partial charge in [0.2, 0.25) is 5.91 Å². The lowest BCUT2D eigenvalue weighted by molar-refractivity contribution is -0.121. The van der Waals surface area contributed by atoms with Gasteiger partial charge in [-0.2, -0.15) is 5.10 Å². The predicted molar refractivity (Wildman–Crippen MR) is 94.7 cm³/mol. The fourth-order valence-electron chi connectivity index (χ4n) is 2.78. The molecule has 0 bridgehead atoms. The fourth-order valence-corrected chi connectivity index (χ4v) is 2.78. The molecule has 25 heavy (non-hydrogen) atoms. The third-order valence-corrected chi connectivity index (χ3v) is 4.04. The van der Waals surface area contributed by atoms with Gasteiger partial charge in [-0.3, -0.25) is 14.5 Å². The molecule has 0 aliphatic carbocycles. The summed E-state index contributed by atoms with van der Waals surface area (Å²) in [5.74, 6) is -0.0840. The standard InChI is InChI=1S/C19H16N4O2/c1-20-18(24)12-23-9-6-16(22-23)13-3-2-4-14(11-13)19-15-7-10-25-17(15)5-8-21-19/h2-11H,12H2,1H3,(H,20,24). The van der Waals surface area contributed by atoms with Gasteiger partial charge in [0.25, 0.3) is 0 Å². The Hall–Kier alpha value is -3.41. The summed E-state index contributed by atoms with van der Waals surface area (Å²) in [6, 6.07) is 13.7. The first-order valence-corrected chi connectivity index (χ1v) is 7.91. The number of furan rings is 1. The van der Waals surface area contributed by atoms with Crippen LogP contribution in [0.15, 0.2) is 65.5 Å². The Morgan fingerprint density at radius 3 is 2.96 bits per heavy atom. The zero-order valence-electron chi connectivity index (χ0n) is 13.6. The van der Waals surface area contributed by atoms with Gasteiger partial charge in [-0.25, -0.2) is 0 Å². The number of benzene rings is 1. The van der Waals surface area contributed by atoms with Gasteiger partial charge in [0.1, 0.15) is 12.1 Å². The molecule has 0 aliphatic heterocycles. The summed E-state index contributed by atoms with van der Waals surface area (Å²) >= 11 is 0. The number of likely N-dealkylation sites (N-methyl/N-ethyl adjacent to an activating group) is 1. The Labute approximate surface area is 144 Å². The van der Waals surface area contributed by atoms with Crippen LogP contribution < -0.4 is 5.32 Å². The number of aromatic nitrogens is 3. The SMILES string of the molecule is CNC(=O)Cn1ccc(-c2cccc(-c3nccc4occc34)c2)n1. The van der Waals surface area contributed by atoms with Crippen LogP contribution in [0.3, 0.4) is 0 Å². The Morgan fingerprint density at radius 1 is 1.20 bits per heavy atom. The van der Waals surface area contributed by atoms with E-state index in [1.54, 1.807) is 30.4 Å². The van der Waals surface area contributed by atoms with Crippen molar-refractivity contribution in [2.75, 3.05) is 7.05 Å². The van der Waals surface area contributed by atoms with Crippen LogP contribution in [0.4, 0.5) is 0 Å². The van der Waals surface area contributed by atoms with Crippen molar-refractivity contribution in [3.8, 4) is 22.5 Å². The minimum absolute atomic E-state index is 0.0840. The van der Waals surface area contributed by atoms with Crippen molar-refractivity contribution in [2.24, 2.45) is 0 Å². The van der Waals surface area contributed by atoms with Gasteiger partial charge < -0.3 is 9.73 Å². The molecule has 4 rings (SSSR count). The van der Waals surface area contributed by atoms with E-state index in [0.29, 0.717) is 0 Å². The number of nitrogens with one attached hydrogen (secondary N) is 1. The van der Waals surface area contributed by atoms with E-state index < -0.39 is 0 Å². The number of rotatable bonds is 4. The van der Waals surface area contributed by atoms with Crippen LogP contribution in [0.5, 0.6) is 0 Å². The fraction of sp³-hybridized carbons (Fsp3) is 0.105. The average molecular weight is 332 g/mol. The average Bonchev–Trinajstić information content (AvgIpc) is 3.30. The maximum absolute atomic E-state index is 11.5. The highest BCUT2D eigenvalue weighted by atomic mass is 16.3. The molecule has 0 radical (unpaired) electrons. The molecule has 0 saturated carbocycles. The van der Waals surface area contributed by atoms with E-state index >= 15 is 0 Å². The lowest BCUT2D eigenvalue weighted by Crippen LogP contribution is -2.23. The predicted octanol–water partition coefficient (Wildman–Crippen LogP) is 3.10. The van der Waals surface area contributed by atoms with E-state index in [4.69, 9.17) is 4.42 Å². The van der Waals surface area contributed by atoms with E-state index in [-0.39, 0.29) is 12.5 Å². The van der Waals surface area contributed by atoms with Gasteiger partial charge in [0.05, 0.1) is 17.7 Å². The molecule has 6 heteroatoms. The monoisotopic (exact) mass is 332 g/mol. The summed E-state index contributed by atoms with van der Waals surface area (Å²) in [6.07, 6.45) is 5.21. The lowest BCUT2D eigenvalue weighted by atomic mass is 10.0. The lowest BCUT2D eigenvalue weighted by Gasteiger charge is -2.05. The molecule has 1 N–H and O–H groups in total. The molecule has 0 saturated heterocycles. The minimum Gasteiger partial charge on any atom is -0.464 e. The van der Waals surface area contributed by atoms with Crippen molar-refractivity contribution in [2.45, 2.75) is 6.54 Å². The van der Waals surface area contributed by atoms with Crippen molar-refractivity contribution in [1.82, 2.24) is 20.1 Å². The van der Waals surface area contributed by atoms with Gasteiger partial charge in [0, 0.05) is 36.0 Å². The highest BCUT2D eigenvalue weighted by Crippen LogP contribution is 2.29. The first-order valence-electron chi connectivity index (χ1n) is 7.91. The van der Waals surface area contributed by atoms with Crippen molar-refractivity contribution in [3.63, 3.8) is 0 Å². The number of nitrogens with zero attached hydrogens (tertiary/aromatic N) is 3. The Morgan fingerprint density at radius 2 is 2.08 bits per heavy atom. The molecule has 0 spiro atoms. The number of amides is 1. The molecule has 6 nitrogen and oxygen atoms in total. The topological polar surface area (TPSA) is 73.0 Å². The van der Waals surface area contributed by atoms with Gasteiger partial charge in [-0.15, -0.1) is 0 Å². The summed E-state index contributed by atoms with van der Waals surface area (Å²) in [4.78, 5) is 16.0. The molecule has 0 fully saturated rings. The second-order valence-corrected chi connectivity index (χ2v) is 5.64. The van der Waals surface area contributed by atoms with E-state index in [1.165, 1.54) is 0 Å². The number of hydrogen-bond donors (Lipinski definition) is 1. The first kappa shape index (κ1) is 15.1. The first-order chi connectivity index (χ1) is 12.2. The molecule has 1 aromatic carbocycles. The van der Waals surface area contributed by atoms with Crippen molar-refractivity contribution in [3.05, 3.63) is 61.1 Å². The Bertz CT molecular complexity index is 1050. The molecule has 0 aliphatic rings. The van der Waals surface area contributed by atoms with Gasteiger partial charge >= 0.3 is 0 Å². The molecule has 1 amide bonds. The van der Waals surface area contributed by atoms with Crippen molar-refractivity contribution < 1.29 is 9.21 Å². The van der Waals surface area contributed by atoms with E-state index in [2.05, 4.69) is 15.4 Å². The third-order valence-electron chi connectivity index (χ3n) is 4.04. The second-order valence-electron chi connectivity index (χ2n) is 5.64. The Kier molecular flexibility index (Phi) is 3.78.